The number of carboxylic acids is 2. The highest BCUT2D eigenvalue weighted by molar-refractivity contribution is 6.38. The van der Waals surface area contributed by atoms with Crippen LogP contribution in [0.4, 0.5) is 0 Å². The van der Waals surface area contributed by atoms with Gasteiger partial charge in [0.05, 0.1) is 31.1 Å². The first-order valence-electron chi connectivity index (χ1n) is 25.3. The Morgan fingerprint density at radius 1 is 0.640 bits per heavy atom. The van der Waals surface area contributed by atoms with Gasteiger partial charge >= 0.3 is 11.9 Å². The van der Waals surface area contributed by atoms with E-state index in [0.717, 1.165) is 62.2 Å². The van der Waals surface area contributed by atoms with Crippen LogP contribution in [0, 0.1) is 5.92 Å². The maximum atomic E-state index is 14.1. The quantitative estimate of drug-likeness (QED) is 0.0225. The molecule has 13 N–H and O–H groups in total. The summed E-state index contributed by atoms with van der Waals surface area (Å²) in [6, 6.07) is -12.2. The third kappa shape index (κ3) is 23.5. The number of nitrogens with one attached hydrogen (secondary N) is 7. The van der Waals surface area contributed by atoms with E-state index in [0.29, 0.717) is 12.8 Å². The molecule has 0 aromatic carbocycles. The van der Waals surface area contributed by atoms with Crippen molar-refractivity contribution in [1.82, 2.24) is 47.0 Å². The number of aliphatic hydroxyl groups excluding tert-OH is 2. The summed E-state index contributed by atoms with van der Waals surface area (Å²) in [4.78, 5) is 168. The van der Waals surface area contributed by atoms with Crippen LogP contribution in [-0.4, -0.2) is 188 Å². The Balaban J connectivity index is 3.04. The van der Waals surface area contributed by atoms with Gasteiger partial charge in [0.25, 0.3) is 5.91 Å². The van der Waals surface area contributed by atoms with Gasteiger partial charge in [-0.05, 0) is 59.3 Å². The van der Waals surface area contributed by atoms with Crippen LogP contribution >= 0.6 is 0 Å². The van der Waals surface area contributed by atoms with Crippen molar-refractivity contribution >= 4 is 76.8 Å². The molecular weight excluding hydrogens is 989 g/mol. The highest BCUT2D eigenvalue weighted by atomic mass is 16.4. The molecule has 0 radical (unpaired) electrons. The van der Waals surface area contributed by atoms with Crippen molar-refractivity contribution in [3.8, 4) is 0 Å². The molecule has 27 heteroatoms. The van der Waals surface area contributed by atoms with Gasteiger partial charge in [-0.15, -0.1) is 0 Å². The van der Waals surface area contributed by atoms with Crippen LogP contribution in [0.5, 0.6) is 0 Å². The monoisotopic (exact) mass is 1070 g/mol. The number of carbonyl (C=O) groups excluding carboxylic acids is 11. The summed E-state index contributed by atoms with van der Waals surface area (Å²) in [6.45, 7) is 10.1. The molecule has 1 aliphatic rings. The van der Waals surface area contributed by atoms with Crippen molar-refractivity contribution in [3.63, 3.8) is 0 Å². The molecule has 27 nitrogen and oxygen atoms in total. The van der Waals surface area contributed by atoms with Crippen molar-refractivity contribution in [3.05, 3.63) is 0 Å². The molecule has 1 aliphatic heterocycles. The van der Waals surface area contributed by atoms with Gasteiger partial charge in [0.15, 0.2) is 0 Å². The number of carboxylic acid groups (broad SMARTS) is 2. The van der Waals surface area contributed by atoms with Gasteiger partial charge in [0, 0.05) is 33.0 Å². The average Bonchev–Trinajstić information content (AvgIpc) is 3.81. The van der Waals surface area contributed by atoms with Crippen molar-refractivity contribution < 1.29 is 82.8 Å². The number of aliphatic carboxylic acids is 2. The Hall–Kier alpha value is -6.77. The van der Waals surface area contributed by atoms with Crippen LogP contribution in [0.25, 0.3) is 0 Å². The minimum absolute atomic E-state index is 0.0203. The number of nitrogens with zero attached hydrogens (tertiary/aromatic N) is 2. The molecule has 10 amide bonds. The highest BCUT2D eigenvalue weighted by Gasteiger charge is 2.44. The zero-order chi connectivity index (χ0) is 57.3. The van der Waals surface area contributed by atoms with E-state index in [1.165, 1.54) is 20.9 Å². The molecule has 0 aliphatic carbocycles. The van der Waals surface area contributed by atoms with Crippen LogP contribution in [-0.2, 0) is 62.3 Å². The van der Waals surface area contributed by atoms with Gasteiger partial charge in [-0.2, -0.15) is 0 Å². The van der Waals surface area contributed by atoms with Crippen LogP contribution in [0.15, 0.2) is 0 Å². The van der Waals surface area contributed by atoms with Gasteiger partial charge in [-0.1, -0.05) is 59.3 Å². The predicted octanol–water partition coefficient (Wildman–Crippen LogP) is -2.79. The van der Waals surface area contributed by atoms with Crippen LogP contribution in [0.1, 0.15) is 138 Å². The molecule has 0 bridgehead atoms. The van der Waals surface area contributed by atoms with E-state index in [4.69, 9.17) is 15.9 Å². The molecule has 1 fully saturated rings. The van der Waals surface area contributed by atoms with Crippen LogP contribution in [0.3, 0.4) is 0 Å². The number of nitrogens with two attached hydrogens (primary N) is 1. The maximum Gasteiger partial charge on any atom is 0.326 e. The second-order valence-corrected chi connectivity index (χ2v) is 19.3. The van der Waals surface area contributed by atoms with Gasteiger partial charge in [-0.25, -0.2) is 4.79 Å². The first kappa shape index (κ1) is 66.2. The number of hydrogen-bond acceptors (Lipinski definition) is 15. The minimum Gasteiger partial charge on any atom is -0.481 e. The summed E-state index contributed by atoms with van der Waals surface area (Å²) in [6.07, 6.45) is 2.47. The predicted molar refractivity (Wildman–Crippen MR) is 266 cm³/mol. The zero-order valence-corrected chi connectivity index (χ0v) is 44.2. The lowest BCUT2D eigenvalue weighted by Gasteiger charge is -2.36. The van der Waals surface area contributed by atoms with Crippen molar-refractivity contribution in [1.29, 1.82) is 0 Å². The average molecular weight is 1070 g/mol. The lowest BCUT2D eigenvalue weighted by atomic mass is 10.0. The fraction of sp³-hybridized carbons (Fsp3) is 0.729. The fourth-order valence-corrected chi connectivity index (χ4v) is 8.08. The highest BCUT2D eigenvalue weighted by Crippen LogP contribution is 2.23. The molecule has 0 saturated carbocycles. The molecule has 10 atom stereocenters. The van der Waals surface area contributed by atoms with E-state index in [9.17, 15) is 72.5 Å². The topological polar surface area (TPSA) is 420 Å². The van der Waals surface area contributed by atoms with Gasteiger partial charge in [-0.3, -0.25) is 57.5 Å². The van der Waals surface area contributed by atoms with E-state index in [-0.39, 0.29) is 37.6 Å². The number of likely N-dealkylation sites (tertiary alicyclic amines) is 1. The molecular formula is C48H80N10O17. The Morgan fingerprint density at radius 3 is 1.75 bits per heavy atom. The SMILES string of the molecule is CCCCCCCCCC(=O)N[C@@H](CC(C)C)C(=O)N[C@H](C(=O)N1CCC[C@H]1C(=O)N(C)[C@H](C(=O)N[C@@H](C)C(=O)N[C@@H](CC(N)=O)C(=O)N[C@@H](C)C(=O)C(=O)NCCC(=O)N[C@@H](CC(=O)O)C(=O)O)[C@@H](C)O)[C@@H](C)O. The van der Waals surface area contributed by atoms with E-state index in [2.05, 4.69) is 38.8 Å². The number of unbranched alkanes of at least 4 members (excludes halogenated alkanes) is 6. The molecule has 0 spiro atoms. The lowest BCUT2D eigenvalue weighted by molar-refractivity contribution is -0.151. The number of Topliss-reactive ketones (excluding diaryl/α,β-unsaturated/α-hetero) is 1. The molecule has 0 aromatic heterocycles. The molecule has 75 heavy (non-hydrogen) atoms. The second kappa shape index (κ2) is 33.2. The third-order valence-corrected chi connectivity index (χ3v) is 12.1. The number of carbonyl (C=O) groups is 13. The number of primary amides is 1. The summed E-state index contributed by atoms with van der Waals surface area (Å²) in [5.74, 6) is -13.8. The van der Waals surface area contributed by atoms with E-state index >= 15 is 0 Å². The molecule has 1 rings (SSSR count). The van der Waals surface area contributed by atoms with Crippen molar-refractivity contribution in [2.75, 3.05) is 20.1 Å². The van der Waals surface area contributed by atoms with E-state index < -0.39 is 157 Å². The molecule has 424 valence electrons. The largest absolute Gasteiger partial charge is 0.481 e. The van der Waals surface area contributed by atoms with Crippen molar-refractivity contribution in [2.24, 2.45) is 11.7 Å². The van der Waals surface area contributed by atoms with Gasteiger partial charge in [0.2, 0.25) is 58.9 Å². The summed E-state index contributed by atoms with van der Waals surface area (Å²) >= 11 is 0. The fourth-order valence-electron chi connectivity index (χ4n) is 8.08. The number of rotatable bonds is 35. The summed E-state index contributed by atoms with van der Waals surface area (Å²) in [5, 5.41) is 55.5. The van der Waals surface area contributed by atoms with E-state index in [1.54, 1.807) is 0 Å². The van der Waals surface area contributed by atoms with Gasteiger partial charge in [0.1, 0.15) is 42.3 Å². The second-order valence-electron chi connectivity index (χ2n) is 19.3. The number of aliphatic hydroxyl groups is 2. The molecule has 0 aromatic rings. The summed E-state index contributed by atoms with van der Waals surface area (Å²) < 4.78 is 0. The first-order valence-corrected chi connectivity index (χ1v) is 25.3. The van der Waals surface area contributed by atoms with E-state index in [1.807, 2.05) is 19.2 Å². The number of amides is 10. The normalized spacial score (nSPS) is 16.7. The lowest BCUT2D eigenvalue weighted by Crippen LogP contribution is -2.62. The standard InChI is InChI=1S/C48H80N10O17/c1-9-10-11-12-13-14-15-18-35(62)53-30(22-25(2)3)43(69)56-38(28(6)59)47(73)58-21-16-17-33(58)46(72)57(8)39(29(7)60)44(70)52-27(5)41(67)55-31(23-34(49)61)42(68)51-26(4)40(66)45(71)50-20-19-36(63)54-32(48(74)75)24-37(64)65/h25-33,38-39,59-60H,9-24H2,1-8H3,(H2,49,61)(H,50,71)(H,51,68)(H,52,70)(H,53,62)(H,54,63)(H,55,67)(H,56,69)(H,64,65)(H,74,75)/t26-,27-,28+,29+,30-,31-,32-,33-,38-,39-/m0/s1. The number of likely N-dealkylation sites (N-methyl/N-ethyl adjacent to an activating group) is 1. The molecule has 0 unspecified atom stereocenters. The smallest absolute Gasteiger partial charge is 0.326 e. The zero-order valence-electron chi connectivity index (χ0n) is 44.2. The number of ketones is 1. The Morgan fingerprint density at radius 2 is 1.20 bits per heavy atom. The minimum atomic E-state index is -1.78. The first-order chi connectivity index (χ1) is 35.0. The maximum absolute atomic E-state index is 14.1. The van der Waals surface area contributed by atoms with Crippen LogP contribution < -0.4 is 43.0 Å². The summed E-state index contributed by atoms with van der Waals surface area (Å²) in [5.41, 5.74) is 5.29. The van der Waals surface area contributed by atoms with Crippen molar-refractivity contribution in [2.45, 2.75) is 199 Å². The Bertz CT molecular complexity index is 2030. The number of hydrogen-bond donors (Lipinski definition) is 12. The van der Waals surface area contributed by atoms with Crippen LogP contribution in [0.2, 0.25) is 0 Å². The Labute approximate surface area is 436 Å². The molecule has 1 heterocycles. The van der Waals surface area contributed by atoms with Gasteiger partial charge < -0.3 is 73.2 Å². The third-order valence-electron chi connectivity index (χ3n) is 12.1. The Kier molecular flexibility index (Phi) is 29.3. The summed E-state index contributed by atoms with van der Waals surface area (Å²) in [7, 11) is 1.18. The molecule has 1 saturated heterocycles.